The van der Waals surface area contributed by atoms with Gasteiger partial charge in [0.1, 0.15) is 0 Å². The van der Waals surface area contributed by atoms with E-state index >= 15 is 0 Å². The van der Waals surface area contributed by atoms with Gasteiger partial charge in [0.2, 0.25) is 0 Å². The van der Waals surface area contributed by atoms with Gasteiger partial charge in [-0.25, -0.2) is 0 Å². The fourth-order valence-electron chi connectivity index (χ4n) is 3.60. The molecule has 3 atom stereocenters. The van der Waals surface area contributed by atoms with Crippen LogP contribution in [-0.4, -0.2) is 49.8 Å². The zero-order valence-corrected chi connectivity index (χ0v) is 12.3. The van der Waals surface area contributed by atoms with E-state index in [1.165, 1.54) is 38.6 Å². The van der Waals surface area contributed by atoms with Crippen molar-refractivity contribution in [2.24, 2.45) is 5.92 Å². The van der Waals surface area contributed by atoms with Crippen LogP contribution in [0, 0.1) is 5.92 Å². The van der Waals surface area contributed by atoms with Gasteiger partial charge in [-0.15, -0.1) is 0 Å². The molecule has 0 bridgehead atoms. The molecule has 1 saturated heterocycles. The van der Waals surface area contributed by atoms with Crippen molar-refractivity contribution in [2.75, 3.05) is 26.7 Å². The molecule has 1 aliphatic carbocycles. The topological polar surface area (TPSA) is 24.5 Å². The Morgan fingerprint density at radius 1 is 1.33 bits per heavy atom. The molecular weight excluding hydrogens is 224 g/mol. The van der Waals surface area contributed by atoms with Gasteiger partial charge in [-0.3, -0.25) is 4.90 Å². The summed E-state index contributed by atoms with van der Waals surface area (Å²) < 4.78 is 5.79. The van der Waals surface area contributed by atoms with Crippen molar-refractivity contribution >= 4 is 0 Å². The quantitative estimate of drug-likeness (QED) is 0.814. The van der Waals surface area contributed by atoms with Gasteiger partial charge in [-0.2, -0.15) is 0 Å². The predicted molar refractivity (Wildman–Crippen MR) is 75.9 cm³/mol. The Hall–Kier alpha value is -0.120. The number of rotatable bonds is 5. The summed E-state index contributed by atoms with van der Waals surface area (Å²) in [6.07, 6.45) is 7.30. The zero-order chi connectivity index (χ0) is 13.0. The Kier molecular flexibility index (Phi) is 5.46. The lowest BCUT2D eigenvalue weighted by Crippen LogP contribution is -2.54. The van der Waals surface area contributed by atoms with Crippen LogP contribution in [-0.2, 0) is 4.74 Å². The van der Waals surface area contributed by atoms with Crippen molar-refractivity contribution in [1.29, 1.82) is 0 Å². The third kappa shape index (κ3) is 3.46. The van der Waals surface area contributed by atoms with E-state index in [4.69, 9.17) is 4.74 Å². The predicted octanol–water partition coefficient (Wildman–Crippen LogP) is 2.26. The summed E-state index contributed by atoms with van der Waals surface area (Å²) in [5, 5.41) is 3.57. The van der Waals surface area contributed by atoms with E-state index in [9.17, 15) is 0 Å². The van der Waals surface area contributed by atoms with Crippen LogP contribution in [0.3, 0.4) is 0 Å². The first-order valence-electron chi connectivity index (χ1n) is 7.77. The van der Waals surface area contributed by atoms with Gasteiger partial charge in [0, 0.05) is 25.2 Å². The molecule has 2 rings (SSSR count). The first-order valence-corrected chi connectivity index (χ1v) is 7.77. The van der Waals surface area contributed by atoms with E-state index < -0.39 is 0 Å². The summed E-state index contributed by atoms with van der Waals surface area (Å²) in [6.45, 7) is 7.69. The smallest absolute Gasteiger partial charge is 0.0674 e. The van der Waals surface area contributed by atoms with E-state index in [2.05, 4.69) is 31.1 Å². The van der Waals surface area contributed by atoms with Crippen LogP contribution < -0.4 is 5.32 Å². The molecule has 0 aromatic heterocycles. The third-order valence-corrected chi connectivity index (χ3v) is 4.82. The van der Waals surface area contributed by atoms with Gasteiger partial charge >= 0.3 is 0 Å². The number of likely N-dealkylation sites (N-methyl/N-ethyl adjacent to an activating group) is 1. The van der Waals surface area contributed by atoms with Gasteiger partial charge in [-0.05, 0) is 39.2 Å². The van der Waals surface area contributed by atoms with Crippen molar-refractivity contribution in [1.82, 2.24) is 10.2 Å². The Morgan fingerprint density at radius 2 is 2.06 bits per heavy atom. The molecular formula is C15H30N2O. The minimum Gasteiger partial charge on any atom is -0.376 e. The van der Waals surface area contributed by atoms with Crippen LogP contribution >= 0.6 is 0 Å². The van der Waals surface area contributed by atoms with Gasteiger partial charge in [0.25, 0.3) is 0 Å². The standard InChI is InChI=1S/C15H30N2O/c1-4-14-11-18-12(2)9-17(14)10-15(16-3)13-7-5-6-8-13/h12-16H,4-11H2,1-3H3. The fourth-order valence-corrected chi connectivity index (χ4v) is 3.60. The van der Waals surface area contributed by atoms with Crippen LogP contribution in [0.1, 0.15) is 46.0 Å². The highest BCUT2D eigenvalue weighted by molar-refractivity contribution is 4.86. The average Bonchev–Trinajstić information content (AvgIpc) is 2.90. The van der Waals surface area contributed by atoms with Crippen molar-refractivity contribution < 1.29 is 4.74 Å². The van der Waals surface area contributed by atoms with E-state index in [1.54, 1.807) is 0 Å². The highest BCUT2D eigenvalue weighted by atomic mass is 16.5. The van der Waals surface area contributed by atoms with Gasteiger partial charge in [0.05, 0.1) is 12.7 Å². The maximum atomic E-state index is 5.79. The molecule has 1 N–H and O–H groups in total. The van der Waals surface area contributed by atoms with E-state index in [1.807, 2.05) is 0 Å². The minimum atomic E-state index is 0.397. The summed E-state index contributed by atoms with van der Waals surface area (Å²) in [5.74, 6) is 0.894. The number of nitrogens with one attached hydrogen (secondary N) is 1. The van der Waals surface area contributed by atoms with Gasteiger partial charge in [-0.1, -0.05) is 19.8 Å². The molecule has 3 unspecified atom stereocenters. The maximum absolute atomic E-state index is 5.79. The highest BCUT2D eigenvalue weighted by Crippen LogP contribution is 2.28. The molecule has 18 heavy (non-hydrogen) atoms. The molecule has 3 nitrogen and oxygen atoms in total. The fraction of sp³-hybridized carbons (Fsp3) is 1.00. The largest absolute Gasteiger partial charge is 0.376 e. The molecule has 3 heteroatoms. The van der Waals surface area contributed by atoms with Crippen LogP contribution in [0.5, 0.6) is 0 Å². The average molecular weight is 254 g/mol. The second-order valence-corrected chi connectivity index (χ2v) is 6.10. The summed E-state index contributed by atoms with van der Waals surface area (Å²) in [5.41, 5.74) is 0. The van der Waals surface area contributed by atoms with Crippen molar-refractivity contribution in [2.45, 2.75) is 64.1 Å². The summed E-state index contributed by atoms with van der Waals surface area (Å²) in [7, 11) is 2.13. The molecule has 0 aromatic carbocycles. The number of hydrogen-bond acceptors (Lipinski definition) is 3. The van der Waals surface area contributed by atoms with Gasteiger partial charge in [0.15, 0.2) is 0 Å². The van der Waals surface area contributed by atoms with Crippen LogP contribution in [0.2, 0.25) is 0 Å². The summed E-state index contributed by atoms with van der Waals surface area (Å²) >= 11 is 0. The number of morpholine rings is 1. The molecule has 0 amide bonds. The van der Waals surface area contributed by atoms with Crippen molar-refractivity contribution in [3.05, 3.63) is 0 Å². The normalized spacial score (nSPS) is 32.8. The molecule has 2 aliphatic rings. The molecule has 0 radical (unpaired) electrons. The molecule has 1 heterocycles. The SMILES string of the molecule is CCC1COC(C)CN1CC(NC)C1CCCC1. The minimum absolute atomic E-state index is 0.397. The second-order valence-electron chi connectivity index (χ2n) is 6.10. The lowest BCUT2D eigenvalue weighted by atomic mass is 9.96. The zero-order valence-electron chi connectivity index (χ0n) is 12.3. The highest BCUT2D eigenvalue weighted by Gasteiger charge is 2.30. The lowest BCUT2D eigenvalue weighted by Gasteiger charge is -2.41. The second kappa shape index (κ2) is 6.88. The third-order valence-electron chi connectivity index (χ3n) is 4.82. The Morgan fingerprint density at radius 3 is 2.67 bits per heavy atom. The van der Waals surface area contributed by atoms with Crippen molar-refractivity contribution in [3.63, 3.8) is 0 Å². The first kappa shape index (κ1) is 14.3. The van der Waals surface area contributed by atoms with E-state index in [-0.39, 0.29) is 0 Å². The Labute approximate surface area is 112 Å². The molecule has 2 fully saturated rings. The van der Waals surface area contributed by atoms with Gasteiger partial charge < -0.3 is 10.1 Å². The monoisotopic (exact) mass is 254 g/mol. The first-order chi connectivity index (χ1) is 8.74. The summed E-state index contributed by atoms with van der Waals surface area (Å²) in [6, 6.07) is 1.30. The molecule has 0 spiro atoms. The molecule has 1 saturated carbocycles. The van der Waals surface area contributed by atoms with E-state index in [0.717, 1.165) is 19.1 Å². The Balaban J connectivity index is 1.91. The Bertz CT molecular complexity index is 241. The summed E-state index contributed by atoms with van der Waals surface area (Å²) in [4.78, 5) is 2.66. The number of nitrogens with zero attached hydrogens (tertiary/aromatic N) is 1. The lowest BCUT2D eigenvalue weighted by molar-refractivity contribution is -0.0600. The molecule has 106 valence electrons. The maximum Gasteiger partial charge on any atom is 0.0674 e. The number of ether oxygens (including phenoxy) is 1. The number of hydrogen-bond donors (Lipinski definition) is 1. The molecule has 0 aromatic rings. The van der Waals surface area contributed by atoms with Crippen LogP contribution in [0.4, 0.5) is 0 Å². The van der Waals surface area contributed by atoms with Crippen molar-refractivity contribution in [3.8, 4) is 0 Å². The van der Waals surface area contributed by atoms with Crippen LogP contribution in [0.25, 0.3) is 0 Å². The van der Waals surface area contributed by atoms with E-state index in [0.29, 0.717) is 18.2 Å². The molecule has 1 aliphatic heterocycles. The van der Waals surface area contributed by atoms with Crippen LogP contribution in [0.15, 0.2) is 0 Å².